The van der Waals surface area contributed by atoms with E-state index in [4.69, 9.17) is 19.4 Å². The van der Waals surface area contributed by atoms with Gasteiger partial charge in [0.25, 0.3) is 0 Å². The first-order chi connectivity index (χ1) is 24.8. The minimum atomic E-state index is 0.559. The Morgan fingerprint density at radius 1 is 0.340 bits per heavy atom. The fourth-order valence-electron chi connectivity index (χ4n) is 7.12. The lowest BCUT2D eigenvalue weighted by Crippen LogP contribution is -2.00. The Labute approximate surface area is 287 Å². The summed E-state index contributed by atoms with van der Waals surface area (Å²) >= 11 is 0. The van der Waals surface area contributed by atoms with Gasteiger partial charge in [0, 0.05) is 32.7 Å². The Kier molecular flexibility index (Phi) is 6.42. The molecule has 0 aliphatic rings. The van der Waals surface area contributed by atoms with Gasteiger partial charge in [-0.1, -0.05) is 146 Å². The smallest absolute Gasteiger partial charge is 0.167 e. The highest BCUT2D eigenvalue weighted by atomic mass is 16.3. The topological polar surface area (TPSA) is 56.7 Å². The summed E-state index contributed by atoms with van der Waals surface area (Å²) in [6, 6.07) is 58.5. The summed E-state index contributed by atoms with van der Waals surface area (Å²) in [5.41, 5.74) is 9.76. The van der Waals surface area contributed by atoms with Crippen LogP contribution in [-0.2, 0) is 0 Å². The van der Waals surface area contributed by atoms with Gasteiger partial charge in [-0.25, -0.2) is 15.0 Å². The van der Waals surface area contributed by atoms with Crippen molar-refractivity contribution in [2.24, 2.45) is 0 Å². The van der Waals surface area contributed by atoms with E-state index in [-0.39, 0.29) is 0 Å². The molecule has 234 valence electrons. The first-order valence-electron chi connectivity index (χ1n) is 16.7. The molecule has 0 radical (unpaired) electrons. The zero-order chi connectivity index (χ0) is 33.0. The van der Waals surface area contributed by atoms with Crippen LogP contribution in [0.25, 0.3) is 94.7 Å². The average molecular weight is 641 g/mol. The molecule has 0 spiro atoms. The summed E-state index contributed by atoms with van der Waals surface area (Å²) in [7, 11) is 0. The molecule has 0 N–H and O–H groups in total. The minimum absolute atomic E-state index is 0.559. The van der Waals surface area contributed by atoms with E-state index in [0.29, 0.717) is 17.5 Å². The van der Waals surface area contributed by atoms with Crippen LogP contribution in [-0.4, -0.2) is 19.5 Å². The van der Waals surface area contributed by atoms with Crippen LogP contribution in [0, 0.1) is 0 Å². The second-order valence-electron chi connectivity index (χ2n) is 12.4. The standard InChI is InChI=1S/C45H28N4O/c1-3-13-29(14-4-1)30-25-27-32(28-26-30)44-46-43(31-15-5-2-6-16-31)47-45(48-44)37-21-11-19-35-36-20-12-24-40(42(36)50-41(35)37)49-38-22-9-7-17-33(38)34-18-8-10-23-39(34)49/h1-28H. The van der Waals surface area contributed by atoms with E-state index in [0.717, 1.165) is 66.5 Å². The number of aromatic nitrogens is 4. The van der Waals surface area contributed by atoms with Crippen molar-refractivity contribution in [2.75, 3.05) is 0 Å². The normalized spacial score (nSPS) is 11.6. The zero-order valence-electron chi connectivity index (χ0n) is 26.9. The molecule has 0 saturated heterocycles. The molecule has 50 heavy (non-hydrogen) atoms. The fourth-order valence-corrected chi connectivity index (χ4v) is 7.12. The van der Waals surface area contributed by atoms with Gasteiger partial charge in [-0.15, -0.1) is 0 Å². The van der Waals surface area contributed by atoms with Crippen molar-refractivity contribution in [3.63, 3.8) is 0 Å². The number of para-hydroxylation sites is 4. The third kappa shape index (κ3) is 4.52. The molecule has 3 aromatic heterocycles. The predicted octanol–water partition coefficient (Wildman–Crippen LogP) is 11.5. The largest absolute Gasteiger partial charge is 0.453 e. The van der Waals surface area contributed by atoms with Crippen LogP contribution in [0.3, 0.4) is 0 Å². The maximum absolute atomic E-state index is 6.93. The lowest BCUT2D eigenvalue weighted by molar-refractivity contribution is 0.667. The van der Waals surface area contributed by atoms with Crippen molar-refractivity contribution in [3.05, 3.63) is 170 Å². The van der Waals surface area contributed by atoms with Crippen molar-refractivity contribution in [1.82, 2.24) is 19.5 Å². The molecule has 0 aliphatic heterocycles. The molecule has 0 saturated carbocycles. The van der Waals surface area contributed by atoms with E-state index in [1.807, 2.05) is 42.5 Å². The second-order valence-corrected chi connectivity index (χ2v) is 12.4. The van der Waals surface area contributed by atoms with Gasteiger partial charge in [-0.2, -0.15) is 0 Å². The molecule has 10 rings (SSSR count). The van der Waals surface area contributed by atoms with E-state index in [2.05, 4.69) is 132 Å². The monoisotopic (exact) mass is 640 g/mol. The van der Waals surface area contributed by atoms with Crippen LogP contribution < -0.4 is 0 Å². The number of nitrogens with zero attached hydrogens (tertiary/aromatic N) is 4. The molecule has 0 amide bonds. The van der Waals surface area contributed by atoms with Gasteiger partial charge in [-0.3, -0.25) is 0 Å². The van der Waals surface area contributed by atoms with Crippen molar-refractivity contribution >= 4 is 43.7 Å². The van der Waals surface area contributed by atoms with Crippen molar-refractivity contribution in [2.45, 2.75) is 0 Å². The SMILES string of the molecule is c1ccc(-c2ccc(-c3nc(-c4ccccc4)nc(-c4cccc5c4oc4c(-n6c7ccccc7c7ccccc76)cccc45)n3)cc2)cc1. The fraction of sp³-hybridized carbons (Fsp3) is 0. The molecule has 10 aromatic rings. The molecule has 5 heteroatoms. The van der Waals surface area contributed by atoms with Crippen molar-refractivity contribution in [3.8, 4) is 51.0 Å². The zero-order valence-corrected chi connectivity index (χ0v) is 26.9. The number of hydrogen-bond acceptors (Lipinski definition) is 4. The van der Waals surface area contributed by atoms with Gasteiger partial charge >= 0.3 is 0 Å². The van der Waals surface area contributed by atoms with E-state index in [1.54, 1.807) is 0 Å². The van der Waals surface area contributed by atoms with Gasteiger partial charge in [0.2, 0.25) is 0 Å². The molecule has 5 nitrogen and oxygen atoms in total. The second kappa shape index (κ2) is 11.4. The Bertz CT molecular complexity index is 2800. The lowest BCUT2D eigenvalue weighted by atomic mass is 10.0. The van der Waals surface area contributed by atoms with Crippen LogP contribution in [0.15, 0.2) is 174 Å². The Hall–Kier alpha value is -6.85. The minimum Gasteiger partial charge on any atom is -0.453 e. The number of hydrogen-bond donors (Lipinski definition) is 0. The van der Waals surface area contributed by atoms with E-state index in [9.17, 15) is 0 Å². The molecule has 0 fully saturated rings. The molecule has 3 heterocycles. The average Bonchev–Trinajstić information content (AvgIpc) is 3.75. The maximum Gasteiger partial charge on any atom is 0.167 e. The molecule has 0 atom stereocenters. The van der Waals surface area contributed by atoms with Crippen LogP contribution in [0.5, 0.6) is 0 Å². The summed E-state index contributed by atoms with van der Waals surface area (Å²) < 4.78 is 9.23. The molecular weight excluding hydrogens is 613 g/mol. The Balaban J connectivity index is 1.18. The van der Waals surface area contributed by atoms with Crippen molar-refractivity contribution < 1.29 is 4.42 Å². The van der Waals surface area contributed by atoms with Gasteiger partial charge in [0.15, 0.2) is 23.1 Å². The summed E-state index contributed by atoms with van der Waals surface area (Å²) in [5, 5.41) is 4.46. The third-order valence-corrected chi connectivity index (χ3v) is 9.48. The number of fused-ring (bicyclic) bond motifs is 6. The molecular formula is C45H28N4O. The van der Waals surface area contributed by atoms with E-state index >= 15 is 0 Å². The summed E-state index contributed by atoms with van der Waals surface area (Å²) in [4.78, 5) is 15.1. The number of rotatable bonds is 5. The number of furan rings is 1. The third-order valence-electron chi connectivity index (χ3n) is 9.48. The molecule has 0 bridgehead atoms. The quantitative estimate of drug-likeness (QED) is 0.188. The Morgan fingerprint density at radius 2 is 0.800 bits per heavy atom. The highest BCUT2D eigenvalue weighted by molar-refractivity contribution is 6.14. The number of benzene rings is 7. The highest BCUT2D eigenvalue weighted by Gasteiger charge is 2.21. The summed E-state index contributed by atoms with van der Waals surface area (Å²) in [6.45, 7) is 0. The van der Waals surface area contributed by atoms with E-state index in [1.165, 1.54) is 10.8 Å². The van der Waals surface area contributed by atoms with Gasteiger partial charge in [-0.05, 0) is 35.4 Å². The first-order valence-corrected chi connectivity index (χ1v) is 16.7. The van der Waals surface area contributed by atoms with Crippen LogP contribution in [0.4, 0.5) is 0 Å². The summed E-state index contributed by atoms with van der Waals surface area (Å²) in [6.07, 6.45) is 0. The van der Waals surface area contributed by atoms with Crippen LogP contribution >= 0.6 is 0 Å². The van der Waals surface area contributed by atoms with Gasteiger partial charge in [0.1, 0.15) is 5.58 Å². The highest BCUT2D eigenvalue weighted by Crippen LogP contribution is 2.40. The summed E-state index contributed by atoms with van der Waals surface area (Å²) in [5.74, 6) is 1.77. The van der Waals surface area contributed by atoms with Crippen LogP contribution in [0.2, 0.25) is 0 Å². The van der Waals surface area contributed by atoms with Crippen LogP contribution in [0.1, 0.15) is 0 Å². The maximum atomic E-state index is 6.93. The van der Waals surface area contributed by atoms with Gasteiger partial charge < -0.3 is 8.98 Å². The molecule has 0 unspecified atom stereocenters. The lowest BCUT2D eigenvalue weighted by Gasteiger charge is -2.09. The molecule has 0 aliphatic carbocycles. The Morgan fingerprint density at radius 3 is 1.46 bits per heavy atom. The molecule has 7 aromatic carbocycles. The van der Waals surface area contributed by atoms with Gasteiger partial charge in [0.05, 0.1) is 22.3 Å². The predicted molar refractivity (Wildman–Crippen MR) is 203 cm³/mol. The van der Waals surface area contributed by atoms with E-state index < -0.39 is 0 Å². The first kappa shape index (κ1) is 28.2. The van der Waals surface area contributed by atoms with Crippen molar-refractivity contribution in [1.29, 1.82) is 0 Å².